The second-order valence-corrected chi connectivity index (χ2v) is 5.15. The number of terminal acetylenes is 1. The summed E-state index contributed by atoms with van der Waals surface area (Å²) in [5, 5.41) is 15.1. The van der Waals surface area contributed by atoms with Crippen molar-refractivity contribution in [2.45, 2.75) is 0 Å². The average Bonchev–Trinajstić information content (AvgIpc) is 2.54. The molecule has 0 saturated heterocycles. The van der Waals surface area contributed by atoms with Gasteiger partial charge in [-0.1, -0.05) is 29.1 Å². The number of halogens is 2. The fraction of sp³-hybridized carbons (Fsp3) is 0.0667. The molecule has 0 atom stereocenters. The summed E-state index contributed by atoms with van der Waals surface area (Å²) in [7, 11) is 0. The second-order valence-electron chi connectivity index (χ2n) is 4.34. The number of nitro groups is 1. The topological polar surface area (TPSA) is 89.6 Å². The van der Waals surface area contributed by atoms with Crippen molar-refractivity contribution in [3.63, 3.8) is 0 Å². The lowest BCUT2D eigenvalue weighted by Gasteiger charge is -2.08. The zero-order chi connectivity index (χ0) is 17.5. The monoisotopic (exact) mass is 364 g/mol. The molecule has 24 heavy (non-hydrogen) atoms. The Morgan fingerprint density at radius 2 is 2.12 bits per heavy atom. The normalized spacial score (nSPS) is 10.4. The van der Waals surface area contributed by atoms with Crippen LogP contribution < -0.4 is 10.2 Å². The SMILES string of the molecule is C#CCOc1c(Cl)cc(/C=N/Nc2ccc([N+](=O)[O-])cn2)cc1Cl. The van der Waals surface area contributed by atoms with E-state index in [0.29, 0.717) is 27.2 Å². The molecule has 0 saturated carbocycles. The molecule has 1 aromatic heterocycles. The van der Waals surface area contributed by atoms with Crippen LogP contribution in [-0.4, -0.2) is 22.7 Å². The van der Waals surface area contributed by atoms with Gasteiger partial charge in [-0.15, -0.1) is 6.42 Å². The van der Waals surface area contributed by atoms with Crippen LogP contribution in [0.2, 0.25) is 10.0 Å². The van der Waals surface area contributed by atoms with Crippen molar-refractivity contribution in [3.8, 4) is 18.1 Å². The van der Waals surface area contributed by atoms with E-state index < -0.39 is 4.92 Å². The van der Waals surface area contributed by atoms with E-state index in [1.54, 1.807) is 12.1 Å². The Labute approximate surface area is 147 Å². The molecular weight excluding hydrogens is 355 g/mol. The van der Waals surface area contributed by atoms with E-state index in [1.165, 1.54) is 18.3 Å². The van der Waals surface area contributed by atoms with Gasteiger partial charge in [0.05, 0.1) is 21.2 Å². The molecule has 0 radical (unpaired) electrons. The Morgan fingerprint density at radius 1 is 1.42 bits per heavy atom. The van der Waals surface area contributed by atoms with Crippen LogP contribution >= 0.6 is 23.2 Å². The van der Waals surface area contributed by atoms with Gasteiger partial charge in [0.25, 0.3) is 5.69 Å². The smallest absolute Gasteiger partial charge is 0.287 e. The summed E-state index contributed by atoms with van der Waals surface area (Å²) in [6.07, 6.45) is 7.71. The zero-order valence-electron chi connectivity index (χ0n) is 12.1. The summed E-state index contributed by atoms with van der Waals surface area (Å²) >= 11 is 12.2. The van der Waals surface area contributed by atoms with Crippen LogP contribution in [0.5, 0.6) is 5.75 Å². The van der Waals surface area contributed by atoms with E-state index in [0.717, 1.165) is 6.20 Å². The Bertz CT molecular complexity index is 793. The molecule has 0 aliphatic carbocycles. The number of anilines is 1. The molecule has 122 valence electrons. The first-order valence-corrected chi connectivity index (χ1v) is 7.21. The molecule has 1 aromatic carbocycles. The summed E-state index contributed by atoms with van der Waals surface area (Å²) < 4.78 is 5.25. The predicted octanol–water partition coefficient (Wildman–Crippen LogP) is 3.75. The third-order valence-corrected chi connectivity index (χ3v) is 3.23. The molecule has 0 bridgehead atoms. The molecule has 0 unspecified atom stereocenters. The molecule has 2 rings (SSSR count). The van der Waals surface area contributed by atoms with E-state index in [4.69, 9.17) is 34.4 Å². The highest BCUT2D eigenvalue weighted by atomic mass is 35.5. The fourth-order valence-electron chi connectivity index (χ4n) is 1.64. The van der Waals surface area contributed by atoms with Crippen LogP contribution in [0.4, 0.5) is 11.5 Å². The number of pyridine rings is 1. The number of aromatic nitrogens is 1. The maximum atomic E-state index is 10.5. The first-order valence-electron chi connectivity index (χ1n) is 6.46. The van der Waals surface area contributed by atoms with Gasteiger partial charge in [0.1, 0.15) is 18.6 Å². The van der Waals surface area contributed by atoms with Gasteiger partial charge in [-0.05, 0) is 23.8 Å². The van der Waals surface area contributed by atoms with Gasteiger partial charge < -0.3 is 4.74 Å². The van der Waals surface area contributed by atoms with Crippen LogP contribution in [-0.2, 0) is 0 Å². The van der Waals surface area contributed by atoms with E-state index in [2.05, 4.69) is 21.4 Å². The highest BCUT2D eigenvalue weighted by Crippen LogP contribution is 2.33. The maximum absolute atomic E-state index is 10.5. The van der Waals surface area contributed by atoms with Crippen LogP contribution in [0.15, 0.2) is 35.6 Å². The summed E-state index contributed by atoms with van der Waals surface area (Å²) in [6.45, 7) is 0.0558. The molecule has 0 aliphatic heterocycles. The van der Waals surface area contributed by atoms with Gasteiger partial charge >= 0.3 is 0 Å². The number of ether oxygens (including phenoxy) is 1. The summed E-state index contributed by atoms with van der Waals surface area (Å²) in [5.41, 5.74) is 3.15. The van der Waals surface area contributed by atoms with Gasteiger partial charge in [0, 0.05) is 6.07 Å². The van der Waals surface area contributed by atoms with Gasteiger partial charge in [0.15, 0.2) is 5.75 Å². The van der Waals surface area contributed by atoms with Gasteiger partial charge in [0.2, 0.25) is 0 Å². The van der Waals surface area contributed by atoms with Crippen molar-refractivity contribution in [3.05, 3.63) is 56.2 Å². The van der Waals surface area contributed by atoms with Crippen molar-refractivity contribution in [1.82, 2.24) is 4.98 Å². The van der Waals surface area contributed by atoms with Gasteiger partial charge in [-0.2, -0.15) is 5.10 Å². The number of benzene rings is 1. The van der Waals surface area contributed by atoms with E-state index in [9.17, 15) is 10.1 Å². The molecule has 0 fully saturated rings. The van der Waals surface area contributed by atoms with E-state index in [1.807, 2.05) is 0 Å². The number of rotatable bonds is 6. The molecule has 1 N–H and O–H groups in total. The quantitative estimate of drug-likeness (QED) is 0.364. The number of hydrogen-bond donors (Lipinski definition) is 1. The molecule has 0 amide bonds. The molecule has 2 aromatic rings. The third kappa shape index (κ3) is 4.59. The lowest BCUT2D eigenvalue weighted by molar-refractivity contribution is -0.385. The summed E-state index contributed by atoms with van der Waals surface area (Å²) in [6, 6.07) is 5.96. The summed E-state index contributed by atoms with van der Waals surface area (Å²) in [5.74, 6) is 2.98. The van der Waals surface area contributed by atoms with Gasteiger partial charge in [-0.25, -0.2) is 4.98 Å². The Hall–Kier alpha value is -2.82. The fourth-order valence-corrected chi connectivity index (χ4v) is 2.25. The van der Waals surface area contributed by atoms with Crippen LogP contribution in [0.3, 0.4) is 0 Å². The third-order valence-electron chi connectivity index (χ3n) is 2.67. The minimum Gasteiger partial charge on any atom is -0.478 e. The summed E-state index contributed by atoms with van der Waals surface area (Å²) in [4.78, 5) is 13.9. The minimum absolute atomic E-state index is 0.0558. The first-order chi connectivity index (χ1) is 11.5. The molecule has 0 spiro atoms. The van der Waals surface area contributed by atoms with Gasteiger partial charge in [-0.3, -0.25) is 15.5 Å². The molecule has 1 heterocycles. The molecular formula is C15H10Cl2N4O3. The molecule has 9 heteroatoms. The highest BCUT2D eigenvalue weighted by Gasteiger charge is 2.09. The Balaban J connectivity index is 2.06. The number of hydrazone groups is 1. The van der Waals surface area contributed by atoms with Crippen molar-refractivity contribution >= 4 is 40.9 Å². The van der Waals surface area contributed by atoms with Crippen LogP contribution in [0, 0.1) is 22.5 Å². The maximum Gasteiger partial charge on any atom is 0.287 e. The van der Waals surface area contributed by atoms with Crippen molar-refractivity contribution in [2.24, 2.45) is 5.10 Å². The lowest BCUT2D eigenvalue weighted by atomic mass is 10.2. The highest BCUT2D eigenvalue weighted by molar-refractivity contribution is 6.37. The second kappa shape index (κ2) is 8.15. The van der Waals surface area contributed by atoms with Crippen molar-refractivity contribution in [2.75, 3.05) is 12.0 Å². The lowest BCUT2D eigenvalue weighted by Crippen LogP contribution is -1.97. The molecule has 0 aliphatic rings. The van der Waals surface area contributed by atoms with Crippen LogP contribution in [0.25, 0.3) is 0 Å². The van der Waals surface area contributed by atoms with Crippen molar-refractivity contribution < 1.29 is 9.66 Å². The molecule has 7 nitrogen and oxygen atoms in total. The largest absolute Gasteiger partial charge is 0.478 e. The zero-order valence-corrected chi connectivity index (χ0v) is 13.6. The van der Waals surface area contributed by atoms with Crippen LogP contribution in [0.1, 0.15) is 5.56 Å². The standard InChI is InChI=1S/C15H10Cl2N4O3/c1-2-5-24-15-12(16)6-10(7-13(15)17)8-19-20-14-4-3-11(9-18-14)21(22)23/h1,3-4,6-9H,5H2,(H,18,20)/b19-8+. The van der Waals surface area contributed by atoms with E-state index >= 15 is 0 Å². The Morgan fingerprint density at radius 3 is 2.67 bits per heavy atom. The van der Waals surface area contributed by atoms with Crippen molar-refractivity contribution in [1.29, 1.82) is 0 Å². The predicted molar refractivity (Wildman–Crippen MR) is 92.9 cm³/mol. The number of nitrogens with zero attached hydrogens (tertiary/aromatic N) is 3. The average molecular weight is 365 g/mol. The van der Waals surface area contributed by atoms with E-state index in [-0.39, 0.29) is 12.3 Å². The minimum atomic E-state index is -0.534. The number of nitrogens with one attached hydrogen (secondary N) is 1. The number of hydrogen-bond acceptors (Lipinski definition) is 6. The first kappa shape index (κ1) is 17.5. The Kier molecular flexibility index (Phi) is 5.95.